The second-order valence-corrected chi connectivity index (χ2v) is 6.97. The van der Waals surface area contributed by atoms with Crippen molar-refractivity contribution in [1.82, 2.24) is 0 Å². The Balaban J connectivity index is 1.80. The second kappa shape index (κ2) is 4.71. The van der Waals surface area contributed by atoms with E-state index in [0.29, 0.717) is 17.1 Å². The van der Waals surface area contributed by atoms with Crippen molar-refractivity contribution in [1.29, 1.82) is 0 Å². The highest BCUT2D eigenvalue weighted by atomic mass is 16.7. The maximum absolute atomic E-state index is 12.7. The molecule has 1 aromatic carbocycles. The van der Waals surface area contributed by atoms with E-state index in [4.69, 9.17) is 14.2 Å². The molecule has 7 atom stereocenters. The third-order valence-electron chi connectivity index (χ3n) is 6.10. The monoisotopic (exact) mass is 333 g/mol. The molecule has 4 aliphatic rings. The fourth-order valence-corrected chi connectivity index (χ4v) is 5.10. The van der Waals surface area contributed by atoms with E-state index in [1.54, 1.807) is 13.2 Å². The number of aliphatic hydroxyl groups excluding tert-OH is 2. The minimum Gasteiger partial charge on any atom is -0.634 e. The number of ether oxygens (including phenoxy) is 3. The Morgan fingerprint density at radius 2 is 2.04 bits per heavy atom. The maximum atomic E-state index is 12.7. The molecule has 128 valence electrons. The number of hydrogen-bond acceptors (Lipinski definition) is 6. The Hall–Kier alpha value is -1.64. The van der Waals surface area contributed by atoms with E-state index in [9.17, 15) is 15.4 Å². The summed E-state index contributed by atoms with van der Waals surface area (Å²) in [4.78, 5) is 0. The van der Waals surface area contributed by atoms with Crippen LogP contribution in [0.25, 0.3) is 0 Å². The van der Waals surface area contributed by atoms with Gasteiger partial charge in [-0.25, -0.2) is 0 Å². The van der Waals surface area contributed by atoms with Crippen LogP contribution in [0, 0.1) is 11.1 Å². The van der Waals surface area contributed by atoms with Crippen molar-refractivity contribution in [2.24, 2.45) is 5.92 Å². The van der Waals surface area contributed by atoms with Gasteiger partial charge in [0.2, 0.25) is 6.79 Å². The highest BCUT2D eigenvalue weighted by Crippen LogP contribution is 2.55. The van der Waals surface area contributed by atoms with Crippen LogP contribution in [0.3, 0.4) is 0 Å². The largest absolute Gasteiger partial charge is 0.634 e. The van der Waals surface area contributed by atoms with E-state index < -0.39 is 29.6 Å². The molecule has 7 heteroatoms. The number of nitrogens with one attached hydrogen (secondary N) is 1. The molecule has 0 aromatic heterocycles. The summed E-state index contributed by atoms with van der Waals surface area (Å²) >= 11 is 0. The van der Waals surface area contributed by atoms with Crippen molar-refractivity contribution in [2.75, 3.05) is 20.4 Å². The van der Waals surface area contributed by atoms with E-state index >= 15 is 0 Å². The number of fused-ring (bicyclic) bond motifs is 2. The summed E-state index contributed by atoms with van der Waals surface area (Å²) < 4.78 is 16.4. The topological polar surface area (TPSA) is 95.7 Å². The quantitative estimate of drug-likeness (QED) is 0.452. The molecule has 2 unspecified atom stereocenters. The van der Waals surface area contributed by atoms with E-state index in [1.165, 1.54) is 0 Å². The van der Waals surface area contributed by atoms with Crippen LogP contribution in [0.5, 0.6) is 11.5 Å². The molecule has 3 N–H and O–H groups in total. The molecule has 1 aromatic rings. The van der Waals surface area contributed by atoms with Gasteiger partial charge in [-0.05, 0) is 23.3 Å². The van der Waals surface area contributed by atoms with Gasteiger partial charge in [-0.15, -0.1) is 0 Å². The van der Waals surface area contributed by atoms with Gasteiger partial charge in [0.15, 0.2) is 11.5 Å². The molecule has 0 spiro atoms. The number of hydrogen-bond donors (Lipinski definition) is 3. The molecule has 2 aliphatic carbocycles. The van der Waals surface area contributed by atoms with Gasteiger partial charge in [-0.1, -0.05) is 12.2 Å². The van der Waals surface area contributed by atoms with Crippen molar-refractivity contribution >= 4 is 0 Å². The lowest BCUT2D eigenvalue weighted by atomic mass is 9.57. The number of aliphatic hydroxyl groups is 2. The van der Waals surface area contributed by atoms with Crippen LogP contribution in [0.4, 0.5) is 0 Å². The molecule has 7 nitrogen and oxygen atoms in total. The molecule has 2 bridgehead atoms. The molecule has 2 heterocycles. The van der Waals surface area contributed by atoms with E-state index in [0.717, 1.165) is 5.56 Å². The molecular formula is C17H19NO6. The number of quaternary nitrogens is 1. The summed E-state index contributed by atoms with van der Waals surface area (Å²) in [6, 6.07) is 3.09. The number of benzene rings is 1. The molecular weight excluding hydrogens is 314 g/mol. The predicted octanol–water partition coefficient (Wildman–Crippen LogP) is -0.973. The highest BCUT2D eigenvalue weighted by Gasteiger charge is 2.66. The third kappa shape index (κ3) is 1.54. The van der Waals surface area contributed by atoms with Crippen molar-refractivity contribution in [3.63, 3.8) is 0 Å². The van der Waals surface area contributed by atoms with E-state index in [2.05, 4.69) is 0 Å². The van der Waals surface area contributed by atoms with Crippen LogP contribution < -0.4 is 14.5 Å². The zero-order chi connectivity index (χ0) is 16.6. The number of hydroxylamine groups is 2. The van der Waals surface area contributed by atoms with Crippen molar-refractivity contribution in [3.05, 3.63) is 40.6 Å². The standard InChI is InChI=1S/C17H19NO6/c1-22-10-2-3-17-9-5-12-11(23-7-24-12)4-8(9)15(20)14(10)16(17)18(21)6-13(17)19/h2-5,10,13-16,18-20H,6-7H2,1H3/t10-,13+,14+,15+,16?,17-/m1/s1. The maximum Gasteiger partial charge on any atom is 0.231 e. The Morgan fingerprint density at radius 3 is 2.79 bits per heavy atom. The average molecular weight is 333 g/mol. The summed E-state index contributed by atoms with van der Waals surface area (Å²) in [5.41, 5.74) is 0.608. The van der Waals surface area contributed by atoms with Gasteiger partial charge < -0.3 is 34.7 Å². The lowest BCUT2D eigenvalue weighted by molar-refractivity contribution is -0.871. The van der Waals surface area contributed by atoms with E-state index in [-0.39, 0.29) is 24.5 Å². The Bertz CT molecular complexity index is 736. The van der Waals surface area contributed by atoms with Gasteiger partial charge in [0, 0.05) is 7.11 Å². The summed E-state index contributed by atoms with van der Waals surface area (Å²) in [5.74, 6) is 0.747. The first-order valence-electron chi connectivity index (χ1n) is 8.13. The van der Waals surface area contributed by atoms with Crippen LogP contribution in [0.2, 0.25) is 0 Å². The van der Waals surface area contributed by atoms with Gasteiger partial charge in [-0.3, -0.25) is 0 Å². The molecule has 2 aliphatic heterocycles. The molecule has 0 saturated carbocycles. The fraction of sp³-hybridized carbons (Fsp3) is 0.529. The fourth-order valence-electron chi connectivity index (χ4n) is 5.10. The SMILES string of the molecule is CO[C@@H]1C=C[C@]23c4cc5c(cc4[C@H](O)[C@H]1C2[NH+]([O-])C[C@@H]3O)OCO5. The van der Waals surface area contributed by atoms with Crippen LogP contribution in [0.1, 0.15) is 17.2 Å². The van der Waals surface area contributed by atoms with Crippen molar-refractivity contribution in [3.8, 4) is 11.5 Å². The van der Waals surface area contributed by atoms with Gasteiger partial charge >= 0.3 is 0 Å². The highest BCUT2D eigenvalue weighted by molar-refractivity contribution is 5.57. The van der Waals surface area contributed by atoms with Gasteiger partial charge in [0.1, 0.15) is 18.7 Å². The van der Waals surface area contributed by atoms with Gasteiger partial charge in [0.05, 0.1) is 23.5 Å². The van der Waals surface area contributed by atoms with Crippen LogP contribution in [-0.4, -0.2) is 48.9 Å². The smallest absolute Gasteiger partial charge is 0.231 e. The molecule has 0 radical (unpaired) electrons. The number of rotatable bonds is 1. The Morgan fingerprint density at radius 1 is 1.29 bits per heavy atom. The van der Waals surface area contributed by atoms with E-state index in [1.807, 2.05) is 18.2 Å². The molecule has 24 heavy (non-hydrogen) atoms. The Kier molecular flexibility index (Phi) is 2.88. The molecule has 1 fully saturated rings. The van der Waals surface area contributed by atoms with Crippen molar-refractivity contribution < 1.29 is 29.5 Å². The van der Waals surface area contributed by atoms with Crippen LogP contribution >= 0.6 is 0 Å². The summed E-state index contributed by atoms with van der Waals surface area (Å²) in [6.45, 7) is 0.217. The minimum atomic E-state index is -0.864. The normalized spacial score (nSPS) is 44.3. The molecule has 5 rings (SSSR count). The zero-order valence-corrected chi connectivity index (χ0v) is 13.1. The lowest BCUT2D eigenvalue weighted by Crippen LogP contribution is -3.12. The zero-order valence-electron chi connectivity index (χ0n) is 13.1. The van der Waals surface area contributed by atoms with Crippen LogP contribution in [-0.2, 0) is 10.2 Å². The summed E-state index contributed by atoms with van der Waals surface area (Å²) in [5, 5.41) is 34.4. The van der Waals surface area contributed by atoms with Gasteiger partial charge in [0.25, 0.3) is 0 Å². The Labute approximate surface area is 138 Å². The first kappa shape index (κ1) is 14.7. The lowest BCUT2D eigenvalue weighted by Gasteiger charge is -2.51. The van der Waals surface area contributed by atoms with Gasteiger partial charge in [-0.2, -0.15) is 0 Å². The number of methoxy groups -OCH3 is 1. The second-order valence-electron chi connectivity index (χ2n) is 6.97. The third-order valence-corrected chi connectivity index (χ3v) is 6.10. The minimum absolute atomic E-state index is 0.0266. The van der Waals surface area contributed by atoms with Crippen LogP contribution in [0.15, 0.2) is 24.3 Å². The van der Waals surface area contributed by atoms with Crippen molar-refractivity contribution in [2.45, 2.75) is 29.8 Å². The first-order valence-corrected chi connectivity index (χ1v) is 8.13. The average Bonchev–Trinajstić information content (AvgIpc) is 3.14. The summed E-state index contributed by atoms with van der Waals surface area (Å²) in [7, 11) is 1.57. The first-order chi connectivity index (χ1) is 11.6. The molecule has 0 amide bonds. The molecule has 1 saturated heterocycles. The summed E-state index contributed by atoms with van der Waals surface area (Å²) in [6.07, 6.45) is 1.70. The predicted molar refractivity (Wildman–Crippen MR) is 81.6 cm³/mol.